The lowest BCUT2D eigenvalue weighted by molar-refractivity contribution is -0.0110. The largest absolute Gasteiger partial charge is 0.461 e. The minimum Gasteiger partial charge on any atom is -0.461 e. The van der Waals surface area contributed by atoms with Gasteiger partial charge in [-0.3, -0.25) is 9.69 Å². The van der Waals surface area contributed by atoms with Crippen LogP contribution in [0.25, 0.3) is 21.5 Å². The lowest BCUT2D eigenvalue weighted by Gasteiger charge is -2.32. The van der Waals surface area contributed by atoms with E-state index in [9.17, 15) is 9.59 Å². The Balaban J connectivity index is 1.53. The van der Waals surface area contributed by atoms with Crippen molar-refractivity contribution in [1.82, 2.24) is 4.90 Å². The molecule has 1 aliphatic heterocycles. The van der Waals surface area contributed by atoms with E-state index in [0.717, 1.165) is 17.3 Å². The molecule has 1 saturated heterocycles. The van der Waals surface area contributed by atoms with Crippen LogP contribution in [0.2, 0.25) is 0 Å². The molecule has 0 saturated carbocycles. The Kier molecular flexibility index (Phi) is 5.37. The van der Waals surface area contributed by atoms with Gasteiger partial charge in [0, 0.05) is 29.9 Å². The topological polar surface area (TPSA) is 55.8 Å². The molecule has 0 aromatic heterocycles. The molecule has 0 N–H and O–H groups in total. The standard InChI is InChI=1S/C23H23NO4/c1-16-15-27-12-10-24(16)11-13-28-23(26)19-8-9-21-18(14-19)7-6-17-4-2-3-5-20(17)22(21)25/h2-9,14,16H,10-13,15H2,1H3. The van der Waals surface area contributed by atoms with Crippen molar-refractivity contribution in [2.24, 2.45) is 0 Å². The molecule has 3 aromatic rings. The van der Waals surface area contributed by atoms with Gasteiger partial charge in [0.15, 0.2) is 5.43 Å². The van der Waals surface area contributed by atoms with Crippen molar-refractivity contribution in [1.29, 1.82) is 0 Å². The Morgan fingerprint density at radius 2 is 1.89 bits per heavy atom. The van der Waals surface area contributed by atoms with E-state index in [1.165, 1.54) is 0 Å². The Bertz CT molecular complexity index is 1080. The van der Waals surface area contributed by atoms with Crippen LogP contribution in [0.4, 0.5) is 0 Å². The van der Waals surface area contributed by atoms with Crippen molar-refractivity contribution in [2.75, 3.05) is 32.9 Å². The summed E-state index contributed by atoms with van der Waals surface area (Å²) in [5, 5.41) is 2.89. The van der Waals surface area contributed by atoms with E-state index in [4.69, 9.17) is 9.47 Å². The highest BCUT2D eigenvalue weighted by atomic mass is 16.5. The molecule has 1 heterocycles. The highest BCUT2D eigenvalue weighted by molar-refractivity contribution is 5.98. The Labute approximate surface area is 163 Å². The Morgan fingerprint density at radius 3 is 2.75 bits per heavy atom. The summed E-state index contributed by atoms with van der Waals surface area (Å²) in [5.41, 5.74) is 0.425. The van der Waals surface area contributed by atoms with Crippen LogP contribution in [0.15, 0.2) is 59.4 Å². The monoisotopic (exact) mass is 377 g/mol. The van der Waals surface area contributed by atoms with Crippen LogP contribution in [0.3, 0.4) is 0 Å². The molecule has 1 aliphatic rings. The lowest BCUT2D eigenvalue weighted by Crippen LogP contribution is -2.45. The SMILES string of the molecule is CC1COCCN1CCOC(=O)c1ccc2c(=O)c3ccccc3ccc2c1. The summed E-state index contributed by atoms with van der Waals surface area (Å²) in [6, 6.07) is 16.7. The van der Waals surface area contributed by atoms with E-state index in [2.05, 4.69) is 11.8 Å². The van der Waals surface area contributed by atoms with Crippen LogP contribution in [0.5, 0.6) is 0 Å². The number of benzene rings is 2. The average molecular weight is 377 g/mol. The van der Waals surface area contributed by atoms with Gasteiger partial charge in [0.25, 0.3) is 0 Å². The molecule has 4 rings (SSSR count). The van der Waals surface area contributed by atoms with Crippen molar-refractivity contribution < 1.29 is 14.3 Å². The molecule has 5 nitrogen and oxygen atoms in total. The average Bonchev–Trinajstić information content (AvgIpc) is 2.86. The van der Waals surface area contributed by atoms with Crippen LogP contribution < -0.4 is 5.43 Å². The van der Waals surface area contributed by atoms with Gasteiger partial charge in [0.05, 0.1) is 18.8 Å². The molecule has 1 unspecified atom stereocenters. The number of ether oxygens (including phenoxy) is 2. The van der Waals surface area contributed by atoms with Crippen molar-refractivity contribution >= 4 is 27.5 Å². The van der Waals surface area contributed by atoms with Gasteiger partial charge in [-0.05, 0) is 35.9 Å². The summed E-state index contributed by atoms with van der Waals surface area (Å²) in [7, 11) is 0. The van der Waals surface area contributed by atoms with Crippen LogP contribution in [0.1, 0.15) is 17.3 Å². The predicted octanol–water partition coefficient (Wildman–Crippen LogP) is 3.23. The third-order valence-corrected chi connectivity index (χ3v) is 5.30. The van der Waals surface area contributed by atoms with Crippen LogP contribution >= 0.6 is 0 Å². The van der Waals surface area contributed by atoms with Gasteiger partial charge in [-0.2, -0.15) is 0 Å². The highest BCUT2D eigenvalue weighted by Crippen LogP contribution is 2.17. The smallest absolute Gasteiger partial charge is 0.338 e. The molecular formula is C23H23NO4. The molecule has 0 amide bonds. The zero-order valence-corrected chi connectivity index (χ0v) is 15.9. The maximum atomic E-state index is 12.8. The van der Waals surface area contributed by atoms with Crippen LogP contribution in [0, 0.1) is 0 Å². The number of hydrogen-bond acceptors (Lipinski definition) is 5. The summed E-state index contributed by atoms with van der Waals surface area (Å²) in [6.45, 7) is 5.41. The first-order chi connectivity index (χ1) is 13.6. The fourth-order valence-corrected chi connectivity index (χ4v) is 3.64. The zero-order chi connectivity index (χ0) is 19.5. The van der Waals surface area contributed by atoms with Gasteiger partial charge in [-0.15, -0.1) is 0 Å². The van der Waals surface area contributed by atoms with E-state index in [1.807, 2.05) is 36.4 Å². The summed E-state index contributed by atoms with van der Waals surface area (Å²) in [5.74, 6) is -0.369. The molecule has 144 valence electrons. The molecule has 1 fully saturated rings. The molecular weight excluding hydrogens is 354 g/mol. The summed E-state index contributed by atoms with van der Waals surface area (Å²) >= 11 is 0. The minimum absolute atomic E-state index is 0.0307. The van der Waals surface area contributed by atoms with Gasteiger partial charge in [-0.1, -0.05) is 36.4 Å². The second kappa shape index (κ2) is 8.09. The molecule has 0 aliphatic carbocycles. The molecule has 0 radical (unpaired) electrons. The second-order valence-corrected chi connectivity index (χ2v) is 7.15. The maximum Gasteiger partial charge on any atom is 0.338 e. The van der Waals surface area contributed by atoms with Crippen molar-refractivity contribution in [3.8, 4) is 0 Å². The van der Waals surface area contributed by atoms with Crippen molar-refractivity contribution in [3.63, 3.8) is 0 Å². The lowest BCUT2D eigenvalue weighted by atomic mass is 10.1. The van der Waals surface area contributed by atoms with Crippen molar-refractivity contribution in [2.45, 2.75) is 13.0 Å². The van der Waals surface area contributed by atoms with Gasteiger partial charge in [0.1, 0.15) is 6.61 Å². The number of carbonyl (C=O) groups is 1. The third kappa shape index (κ3) is 3.77. The number of nitrogens with zero attached hydrogens (tertiary/aromatic N) is 1. The molecule has 0 spiro atoms. The number of morpholine rings is 1. The fraction of sp³-hybridized carbons (Fsp3) is 0.304. The quantitative estimate of drug-likeness (QED) is 0.654. The van der Waals surface area contributed by atoms with E-state index < -0.39 is 0 Å². The number of fused-ring (bicyclic) bond motifs is 2. The Hall–Kier alpha value is -2.76. The number of esters is 1. The van der Waals surface area contributed by atoms with Gasteiger partial charge >= 0.3 is 5.97 Å². The van der Waals surface area contributed by atoms with Gasteiger partial charge in [-0.25, -0.2) is 4.79 Å². The predicted molar refractivity (Wildman–Crippen MR) is 110 cm³/mol. The maximum absolute atomic E-state index is 12.8. The number of rotatable bonds is 4. The molecule has 3 aromatic carbocycles. The Morgan fingerprint density at radius 1 is 1.11 bits per heavy atom. The highest BCUT2D eigenvalue weighted by Gasteiger charge is 2.19. The van der Waals surface area contributed by atoms with Crippen molar-refractivity contribution in [3.05, 3.63) is 70.4 Å². The van der Waals surface area contributed by atoms with E-state index >= 15 is 0 Å². The van der Waals surface area contributed by atoms with E-state index in [-0.39, 0.29) is 11.4 Å². The molecule has 28 heavy (non-hydrogen) atoms. The fourth-order valence-electron chi connectivity index (χ4n) is 3.64. The first-order valence-corrected chi connectivity index (χ1v) is 9.58. The van der Waals surface area contributed by atoms with Crippen LogP contribution in [-0.4, -0.2) is 49.8 Å². The minimum atomic E-state index is -0.369. The van der Waals surface area contributed by atoms with E-state index in [1.54, 1.807) is 18.2 Å². The zero-order valence-electron chi connectivity index (χ0n) is 15.9. The first kappa shape index (κ1) is 18.6. The number of carbonyl (C=O) groups excluding carboxylic acids is 1. The number of hydrogen-bond donors (Lipinski definition) is 0. The van der Waals surface area contributed by atoms with Crippen LogP contribution in [-0.2, 0) is 9.47 Å². The summed E-state index contributed by atoms with van der Waals surface area (Å²) in [4.78, 5) is 27.5. The summed E-state index contributed by atoms with van der Waals surface area (Å²) in [6.07, 6.45) is 0. The van der Waals surface area contributed by atoms with Gasteiger partial charge < -0.3 is 9.47 Å². The first-order valence-electron chi connectivity index (χ1n) is 9.58. The molecule has 5 heteroatoms. The third-order valence-electron chi connectivity index (χ3n) is 5.30. The van der Waals surface area contributed by atoms with E-state index in [0.29, 0.717) is 48.7 Å². The second-order valence-electron chi connectivity index (χ2n) is 7.15. The van der Waals surface area contributed by atoms with Gasteiger partial charge in [0.2, 0.25) is 0 Å². The summed E-state index contributed by atoms with van der Waals surface area (Å²) < 4.78 is 10.9. The normalized spacial score (nSPS) is 17.7. The molecule has 0 bridgehead atoms. The molecule has 1 atom stereocenters.